The van der Waals surface area contributed by atoms with Crippen LogP contribution in [0.5, 0.6) is 5.06 Å². The number of rotatable bonds is 7. The van der Waals surface area contributed by atoms with Gasteiger partial charge in [0.05, 0.1) is 28.8 Å². The van der Waals surface area contributed by atoms with Crippen LogP contribution in [0.4, 0.5) is 9.93 Å². The number of methoxy groups -OCH3 is 1. The fourth-order valence-electron chi connectivity index (χ4n) is 3.75. The lowest BCUT2D eigenvalue weighted by Crippen LogP contribution is -2.55. The van der Waals surface area contributed by atoms with Gasteiger partial charge in [-0.25, -0.2) is 19.7 Å². The molecule has 2 atom stereocenters. The van der Waals surface area contributed by atoms with Crippen molar-refractivity contribution in [3.05, 3.63) is 39.9 Å². The number of nitrogens with one attached hydrogen (secondary N) is 2. The van der Waals surface area contributed by atoms with Gasteiger partial charge in [-0.05, 0) is 26.3 Å². The van der Waals surface area contributed by atoms with Crippen LogP contribution in [0, 0.1) is 6.92 Å². The number of aromatic nitrogens is 4. The van der Waals surface area contributed by atoms with E-state index in [1.165, 1.54) is 11.3 Å². The maximum atomic E-state index is 12.8. The molecule has 0 unspecified atom stereocenters. The summed E-state index contributed by atoms with van der Waals surface area (Å²) in [5.41, 5.74) is 1.17. The van der Waals surface area contributed by atoms with E-state index in [0.29, 0.717) is 46.9 Å². The number of hydrogen-bond donors (Lipinski definition) is 2. The quantitative estimate of drug-likeness (QED) is 0.414. The van der Waals surface area contributed by atoms with Gasteiger partial charge in [0.2, 0.25) is 5.06 Å². The summed E-state index contributed by atoms with van der Waals surface area (Å²) in [6.45, 7) is 4.60. The Morgan fingerprint density at radius 3 is 2.67 bits per heavy atom. The van der Waals surface area contributed by atoms with Gasteiger partial charge in [-0.2, -0.15) is 0 Å². The van der Waals surface area contributed by atoms with E-state index in [4.69, 9.17) is 37.4 Å². The monoisotopic (exact) mass is 554 g/mol. The molecule has 1 saturated heterocycles. The van der Waals surface area contributed by atoms with Crippen LogP contribution >= 0.6 is 34.5 Å². The number of carbonyl (C=O) groups is 2. The van der Waals surface area contributed by atoms with E-state index in [1.54, 1.807) is 39.4 Å². The van der Waals surface area contributed by atoms with Gasteiger partial charge in [-0.1, -0.05) is 34.5 Å². The fourth-order valence-corrected chi connectivity index (χ4v) is 5.11. The maximum absolute atomic E-state index is 12.8. The number of thiazole rings is 1. The molecule has 3 aromatic rings. The molecule has 0 aliphatic carbocycles. The number of carbonyl (C=O) groups excluding carboxylic acids is 2. The van der Waals surface area contributed by atoms with Crippen LogP contribution < -0.4 is 15.0 Å². The Hall–Kier alpha value is -2.93. The maximum Gasteiger partial charge on any atom is 0.514 e. The van der Waals surface area contributed by atoms with Gasteiger partial charge in [0.25, 0.3) is 5.91 Å². The molecule has 4 heterocycles. The largest absolute Gasteiger partial charge is 0.514 e. The van der Waals surface area contributed by atoms with Crippen molar-refractivity contribution in [2.24, 2.45) is 0 Å². The summed E-state index contributed by atoms with van der Waals surface area (Å²) >= 11 is 13.5. The summed E-state index contributed by atoms with van der Waals surface area (Å²) in [6.07, 6.45) is 2.55. The Morgan fingerprint density at radius 1 is 1.28 bits per heavy atom. The molecule has 0 radical (unpaired) electrons. The number of ether oxygens (including phenoxy) is 3. The minimum Gasteiger partial charge on any atom is -0.434 e. The lowest BCUT2D eigenvalue weighted by atomic mass is 10.0. The van der Waals surface area contributed by atoms with Crippen LogP contribution in [0.25, 0.3) is 11.5 Å². The summed E-state index contributed by atoms with van der Waals surface area (Å²) < 4.78 is 16.0. The summed E-state index contributed by atoms with van der Waals surface area (Å²) in [6, 6.07) is 1.41. The fraction of sp³-hybridized carbons (Fsp3) is 0.409. The first kappa shape index (κ1) is 26.1. The Kier molecular flexibility index (Phi) is 8.29. The number of H-pyrrole nitrogens is 1. The average molecular weight is 555 g/mol. The molecule has 3 aromatic heterocycles. The normalized spacial score (nSPS) is 17.6. The predicted molar refractivity (Wildman–Crippen MR) is 135 cm³/mol. The highest BCUT2D eigenvalue weighted by atomic mass is 35.5. The minimum atomic E-state index is -0.834. The number of aryl methyl sites for hydroxylation is 1. The zero-order valence-corrected chi connectivity index (χ0v) is 22.0. The molecule has 0 saturated carbocycles. The molecule has 36 heavy (non-hydrogen) atoms. The third kappa shape index (κ3) is 5.56. The van der Waals surface area contributed by atoms with Gasteiger partial charge >= 0.3 is 6.16 Å². The van der Waals surface area contributed by atoms with Crippen molar-refractivity contribution >= 4 is 51.7 Å². The molecule has 2 N–H and O–H groups in total. The zero-order chi connectivity index (χ0) is 25.8. The second kappa shape index (κ2) is 11.4. The van der Waals surface area contributed by atoms with Gasteiger partial charge in [-0.3, -0.25) is 4.79 Å². The smallest absolute Gasteiger partial charge is 0.434 e. The van der Waals surface area contributed by atoms with E-state index in [0.717, 1.165) is 0 Å². The third-order valence-corrected chi connectivity index (χ3v) is 7.47. The molecular formula is C22H24Cl2N6O5S. The molecule has 1 aliphatic rings. The van der Waals surface area contributed by atoms with Crippen molar-refractivity contribution in [1.29, 1.82) is 0 Å². The van der Waals surface area contributed by atoms with E-state index in [2.05, 4.69) is 25.3 Å². The van der Waals surface area contributed by atoms with Crippen LogP contribution in [-0.2, 0) is 9.47 Å². The first-order chi connectivity index (χ1) is 17.3. The third-order valence-electron chi connectivity index (χ3n) is 5.53. The molecule has 4 rings (SSSR count). The van der Waals surface area contributed by atoms with Crippen molar-refractivity contribution in [3.63, 3.8) is 0 Å². The number of nitrogens with zero attached hydrogens (tertiary/aromatic N) is 4. The molecule has 0 spiro atoms. The van der Waals surface area contributed by atoms with E-state index >= 15 is 0 Å². The topological polar surface area (TPSA) is 132 Å². The summed E-state index contributed by atoms with van der Waals surface area (Å²) in [5.74, 6) is -0.0418. The molecule has 1 fully saturated rings. The summed E-state index contributed by atoms with van der Waals surface area (Å²) in [5, 5.41) is 4.32. The highest BCUT2D eigenvalue weighted by Crippen LogP contribution is 2.39. The minimum absolute atomic E-state index is 0.176. The Morgan fingerprint density at radius 2 is 2.03 bits per heavy atom. The standard InChI is InChI=1S/C22H24Cl2N6O5S/c1-4-34-22(32)35-20-17(18-25-7-5-8-26-18)29-21(36-20)30-9-6-12(13(10-30)33-3)28-19(31)16-15(24)14(23)11(2)27-16/h5,7-8,12-13,27H,4,6,9-10H2,1-3H3,(H,28,31)/t12-,13+/m1/s1. The number of piperidine rings is 1. The van der Waals surface area contributed by atoms with E-state index in [9.17, 15) is 9.59 Å². The van der Waals surface area contributed by atoms with E-state index in [1.807, 2.05) is 4.90 Å². The Bertz CT molecular complexity index is 1240. The summed E-state index contributed by atoms with van der Waals surface area (Å²) in [7, 11) is 1.58. The molecule has 0 aromatic carbocycles. The van der Waals surface area contributed by atoms with Gasteiger partial charge in [0, 0.05) is 38.3 Å². The Balaban J connectivity index is 1.51. The molecule has 192 valence electrons. The number of anilines is 1. The van der Waals surface area contributed by atoms with Gasteiger partial charge in [-0.15, -0.1) is 0 Å². The number of amides is 1. The van der Waals surface area contributed by atoms with Gasteiger partial charge in [0.1, 0.15) is 5.69 Å². The highest BCUT2D eigenvalue weighted by molar-refractivity contribution is 7.18. The molecule has 14 heteroatoms. The lowest BCUT2D eigenvalue weighted by Gasteiger charge is -2.37. The second-order valence-corrected chi connectivity index (χ2v) is 9.53. The van der Waals surface area contributed by atoms with Crippen LogP contribution in [0.1, 0.15) is 29.5 Å². The van der Waals surface area contributed by atoms with Crippen LogP contribution in [0.2, 0.25) is 10.0 Å². The van der Waals surface area contributed by atoms with E-state index in [-0.39, 0.29) is 40.4 Å². The summed E-state index contributed by atoms with van der Waals surface area (Å²) in [4.78, 5) is 42.8. The van der Waals surface area contributed by atoms with Crippen molar-refractivity contribution in [1.82, 2.24) is 25.3 Å². The molecule has 0 bridgehead atoms. The molecule has 11 nitrogen and oxygen atoms in total. The zero-order valence-electron chi connectivity index (χ0n) is 19.7. The van der Waals surface area contributed by atoms with Crippen molar-refractivity contribution in [3.8, 4) is 16.6 Å². The molecule has 1 aliphatic heterocycles. The number of halogens is 2. The van der Waals surface area contributed by atoms with E-state index < -0.39 is 6.16 Å². The second-order valence-electron chi connectivity index (χ2n) is 7.83. The first-order valence-corrected chi connectivity index (χ1v) is 12.6. The average Bonchev–Trinajstić information content (AvgIpc) is 3.41. The lowest BCUT2D eigenvalue weighted by molar-refractivity contribution is 0.0540. The van der Waals surface area contributed by atoms with Crippen LogP contribution in [0.15, 0.2) is 18.5 Å². The molecule has 1 amide bonds. The SMILES string of the molecule is CCOC(=O)Oc1sc(N2CC[C@@H](NC(=O)c3[nH]c(C)c(Cl)c3Cl)[C@@H](OC)C2)nc1-c1ncccn1. The van der Waals surface area contributed by atoms with Crippen LogP contribution in [-0.4, -0.2) is 71.0 Å². The molecular weight excluding hydrogens is 531 g/mol. The Labute approximate surface area is 221 Å². The van der Waals surface area contributed by atoms with Crippen molar-refractivity contribution < 1.29 is 23.8 Å². The van der Waals surface area contributed by atoms with Crippen molar-refractivity contribution in [2.75, 3.05) is 31.7 Å². The first-order valence-electron chi connectivity index (χ1n) is 11.1. The van der Waals surface area contributed by atoms with Crippen LogP contribution in [0.3, 0.4) is 0 Å². The highest BCUT2D eigenvalue weighted by Gasteiger charge is 2.34. The predicted octanol–water partition coefficient (Wildman–Crippen LogP) is 4.10. The van der Waals surface area contributed by atoms with Gasteiger partial charge < -0.3 is 29.4 Å². The van der Waals surface area contributed by atoms with Crippen molar-refractivity contribution in [2.45, 2.75) is 32.4 Å². The number of aromatic amines is 1. The van der Waals surface area contributed by atoms with Gasteiger partial charge in [0.15, 0.2) is 16.6 Å². The number of hydrogen-bond acceptors (Lipinski definition) is 10.